The number of carbonyl (C=O) groups is 1. The monoisotopic (exact) mass is 293 g/mol. The molecule has 0 fully saturated rings. The molecule has 1 aromatic carbocycles. The third kappa shape index (κ3) is 6.27. The maximum absolute atomic E-state index is 12.2. The Labute approximate surface area is 127 Å². The summed E-state index contributed by atoms with van der Waals surface area (Å²) >= 11 is 0. The average Bonchev–Trinajstić information content (AvgIpc) is 2.47. The second-order valence-corrected chi connectivity index (χ2v) is 5.88. The molecule has 0 aliphatic rings. The molecule has 0 aromatic heterocycles. The molecule has 21 heavy (non-hydrogen) atoms. The minimum absolute atomic E-state index is 0.0511. The Balaban J connectivity index is 2.72. The normalized spacial score (nSPS) is 13.0. The van der Waals surface area contributed by atoms with Crippen molar-refractivity contribution in [2.24, 2.45) is 5.41 Å². The highest BCUT2D eigenvalue weighted by Crippen LogP contribution is 2.22. The molecule has 1 unspecified atom stereocenters. The van der Waals surface area contributed by atoms with Crippen LogP contribution in [0.25, 0.3) is 0 Å². The average molecular weight is 293 g/mol. The first-order valence-corrected chi connectivity index (χ1v) is 7.44. The SMILES string of the molecule is CCOC(=O)C(NCC(C)(C)CCOC)c1ccccc1. The van der Waals surface area contributed by atoms with Gasteiger partial charge >= 0.3 is 5.97 Å². The van der Waals surface area contributed by atoms with E-state index in [2.05, 4.69) is 19.2 Å². The first-order valence-electron chi connectivity index (χ1n) is 7.44. The van der Waals surface area contributed by atoms with Crippen molar-refractivity contribution in [1.82, 2.24) is 5.32 Å². The molecule has 0 heterocycles. The van der Waals surface area contributed by atoms with Gasteiger partial charge in [-0.2, -0.15) is 0 Å². The van der Waals surface area contributed by atoms with Crippen LogP contribution in [0.5, 0.6) is 0 Å². The van der Waals surface area contributed by atoms with Crippen LogP contribution in [0.15, 0.2) is 30.3 Å². The minimum Gasteiger partial charge on any atom is -0.465 e. The molecular formula is C17H27NO3. The summed E-state index contributed by atoms with van der Waals surface area (Å²) < 4.78 is 10.3. The van der Waals surface area contributed by atoms with E-state index in [0.29, 0.717) is 19.8 Å². The molecule has 0 spiro atoms. The topological polar surface area (TPSA) is 47.6 Å². The lowest BCUT2D eigenvalue weighted by Gasteiger charge is -2.27. The first-order chi connectivity index (χ1) is 10.00. The molecule has 0 aliphatic heterocycles. The molecule has 4 heteroatoms. The largest absolute Gasteiger partial charge is 0.465 e. The Morgan fingerprint density at radius 2 is 1.95 bits per heavy atom. The van der Waals surface area contributed by atoms with Gasteiger partial charge in [0.25, 0.3) is 0 Å². The van der Waals surface area contributed by atoms with E-state index in [1.165, 1.54) is 0 Å². The molecule has 1 rings (SSSR count). The Morgan fingerprint density at radius 3 is 2.52 bits per heavy atom. The van der Waals surface area contributed by atoms with E-state index in [1.54, 1.807) is 7.11 Å². The Morgan fingerprint density at radius 1 is 1.29 bits per heavy atom. The summed E-state index contributed by atoms with van der Waals surface area (Å²) in [6.45, 7) is 7.96. The third-order valence-electron chi connectivity index (χ3n) is 3.42. The maximum Gasteiger partial charge on any atom is 0.327 e. The lowest BCUT2D eigenvalue weighted by Crippen LogP contribution is -2.37. The van der Waals surface area contributed by atoms with Crippen LogP contribution in [0.3, 0.4) is 0 Å². The molecule has 1 N–H and O–H groups in total. The van der Waals surface area contributed by atoms with Gasteiger partial charge in [0.15, 0.2) is 0 Å². The second-order valence-electron chi connectivity index (χ2n) is 5.88. The molecule has 0 aliphatic carbocycles. The van der Waals surface area contributed by atoms with Crippen molar-refractivity contribution < 1.29 is 14.3 Å². The molecule has 0 saturated carbocycles. The molecular weight excluding hydrogens is 266 g/mol. The second kappa shape index (κ2) is 8.80. The van der Waals surface area contributed by atoms with Gasteiger partial charge in [-0.05, 0) is 24.3 Å². The van der Waals surface area contributed by atoms with Gasteiger partial charge in [-0.25, -0.2) is 4.79 Å². The lowest BCUT2D eigenvalue weighted by molar-refractivity contribution is -0.146. The molecule has 0 saturated heterocycles. The fraction of sp³-hybridized carbons (Fsp3) is 0.588. The Kier molecular flexibility index (Phi) is 7.40. The summed E-state index contributed by atoms with van der Waals surface area (Å²) in [5.41, 5.74) is 0.980. The van der Waals surface area contributed by atoms with Crippen LogP contribution in [0.4, 0.5) is 0 Å². The van der Waals surface area contributed by atoms with E-state index in [0.717, 1.165) is 12.0 Å². The molecule has 118 valence electrons. The third-order valence-corrected chi connectivity index (χ3v) is 3.42. The van der Waals surface area contributed by atoms with Gasteiger partial charge in [-0.1, -0.05) is 44.2 Å². The number of rotatable bonds is 9. The van der Waals surface area contributed by atoms with Gasteiger partial charge in [0.1, 0.15) is 6.04 Å². The fourth-order valence-corrected chi connectivity index (χ4v) is 2.05. The highest BCUT2D eigenvalue weighted by atomic mass is 16.5. The van der Waals surface area contributed by atoms with E-state index in [-0.39, 0.29) is 11.4 Å². The van der Waals surface area contributed by atoms with E-state index in [1.807, 2.05) is 37.3 Å². The van der Waals surface area contributed by atoms with Gasteiger partial charge in [0.05, 0.1) is 6.61 Å². The number of hydrogen-bond donors (Lipinski definition) is 1. The predicted molar refractivity (Wildman–Crippen MR) is 84.1 cm³/mol. The molecule has 4 nitrogen and oxygen atoms in total. The number of methoxy groups -OCH3 is 1. The van der Waals surface area contributed by atoms with E-state index >= 15 is 0 Å². The molecule has 0 amide bonds. The van der Waals surface area contributed by atoms with Crippen molar-refractivity contribution in [3.8, 4) is 0 Å². The molecule has 1 atom stereocenters. The number of hydrogen-bond acceptors (Lipinski definition) is 4. The van der Waals surface area contributed by atoms with Crippen LogP contribution in [0.2, 0.25) is 0 Å². The molecule has 0 bridgehead atoms. The van der Waals surface area contributed by atoms with Gasteiger partial charge in [0, 0.05) is 20.3 Å². The number of ether oxygens (including phenoxy) is 2. The highest BCUT2D eigenvalue weighted by Gasteiger charge is 2.25. The van der Waals surface area contributed by atoms with Gasteiger partial charge in [0.2, 0.25) is 0 Å². The van der Waals surface area contributed by atoms with Crippen molar-refractivity contribution in [3.63, 3.8) is 0 Å². The summed E-state index contributed by atoms with van der Waals surface area (Å²) in [6.07, 6.45) is 0.931. The van der Waals surface area contributed by atoms with Crippen LogP contribution >= 0.6 is 0 Å². The summed E-state index contributed by atoms with van der Waals surface area (Å²) in [6, 6.07) is 9.26. The number of benzene rings is 1. The summed E-state index contributed by atoms with van der Waals surface area (Å²) in [5.74, 6) is -0.230. The van der Waals surface area contributed by atoms with Gasteiger partial charge < -0.3 is 14.8 Å². The standard InChI is InChI=1S/C17H27NO3/c1-5-21-16(19)15(14-9-7-6-8-10-14)18-13-17(2,3)11-12-20-4/h6-10,15,18H,5,11-13H2,1-4H3. The van der Waals surface area contributed by atoms with E-state index < -0.39 is 6.04 Å². The zero-order valence-corrected chi connectivity index (χ0v) is 13.5. The highest BCUT2D eigenvalue weighted by molar-refractivity contribution is 5.77. The van der Waals surface area contributed by atoms with E-state index in [9.17, 15) is 4.79 Å². The summed E-state index contributed by atoms with van der Waals surface area (Å²) in [7, 11) is 1.70. The Hall–Kier alpha value is -1.39. The fourth-order valence-electron chi connectivity index (χ4n) is 2.05. The number of nitrogens with one attached hydrogen (secondary N) is 1. The lowest BCUT2D eigenvalue weighted by atomic mass is 9.89. The molecule has 0 radical (unpaired) electrons. The minimum atomic E-state index is -0.423. The zero-order valence-electron chi connectivity index (χ0n) is 13.5. The number of carbonyl (C=O) groups excluding carboxylic acids is 1. The maximum atomic E-state index is 12.2. The van der Waals surface area contributed by atoms with Crippen molar-refractivity contribution in [1.29, 1.82) is 0 Å². The quantitative estimate of drug-likeness (QED) is 0.711. The van der Waals surface area contributed by atoms with Crippen molar-refractivity contribution in [2.75, 3.05) is 26.9 Å². The smallest absolute Gasteiger partial charge is 0.327 e. The van der Waals surface area contributed by atoms with Gasteiger partial charge in [-0.3, -0.25) is 0 Å². The summed E-state index contributed by atoms with van der Waals surface area (Å²) in [4.78, 5) is 12.2. The van der Waals surface area contributed by atoms with Gasteiger partial charge in [-0.15, -0.1) is 0 Å². The first kappa shape index (κ1) is 17.7. The van der Waals surface area contributed by atoms with Crippen molar-refractivity contribution in [3.05, 3.63) is 35.9 Å². The van der Waals surface area contributed by atoms with Crippen LogP contribution in [-0.2, 0) is 14.3 Å². The molecule has 1 aromatic rings. The van der Waals surface area contributed by atoms with Crippen LogP contribution < -0.4 is 5.32 Å². The predicted octanol–water partition coefficient (Wildman–Crippen LogP) is 2.94. The summed E-state index contributed by atoms with van der Waals surface area (Å²) in [5, 5.41) is 3.34. The van der Waals surface area contributed by atoms with Crippen LogP contribution in [0, 0.1) is 5.41 Å². The van der Waals surface area contributed by atoms with Crippen LogP contribution in [-0.4, -0.2) is 32.8 Å². The van der Waals surface area contributed by atoms with Crippen molar-refractivity contribution >= 4 is 5.97 Å². The van der Waals surface area contributed by atoms with E-state index in [4.69, 9.17) is 9.47 Å². The Bertz CT molecular complexity index is 417. The number of esters is 1. The zero-order chi connectivity index (χ0) is 15.7. The van der Waals surface area contributed by atoms with Crippen LogP contribution in [0.1, 0.15) is 38.8 Å². The van der Waals surface area contributed by atoms with Crippen molar-refractivity contribution in [2.45, 2.75) is 33.2 Å².